The highest BCUT2D eigenvalue weighted by molar-refractivity contribution is 7.10. The van der Waals surface area contributed by atoms with E-state index in [-0.39, 0.29) is 30.3 Å². The van der Waals surface area contributed by atoms with E-state index in [9.17, 15) is 9.59 Å². The second-order valence-electron chi connectivity index (χ2n) is 7.19. The largest absolute Gasteiger partial charge is 0.497 e. The Labute approximate surface area is 184 Å². The summed E-state index contributed by atoms with van der Waals surface area (Å²) in [6.45, 7) is 1.95. The molecule has 2 heterocycles. The summed E-state index contributed by atoms with van der Waals surface area (Å²) in [5.41, 5.74) is 2.30. The number of para-hydroxylation sites is 2. The van der Waals surface area contributed by atoms with Crippen LogP contribution in [0.2, 0.25) is 0 Å². The van der Waals surface area contributed by atoms with E-state index in [0.717, 1.165) is 16.1 Å². The molecule has 31 heavy (non-hydrogen) atoms. The van der Waals surface area contributed by atoms with E-state index in [1.807, 2.05) is 73.0 Å². The Bertz CT molecular complexity index is 1250. The lowest BCUT2D eigenvalue weighted by Gasteiger charge is -2.14. The summed E-state index contributed by atoms with van der Waals surface area (Å²) in [5.74, 6) is 0.609. The number of nitrogens with zero attached hydrogens (tertiary/aromatic N) is 2. The molecule has 7 heteroatoms. The van der Waals surface area contributed by atoms with Crippen molar-refractivity contribution in [2.45, 2.75) is 25.8 Å². The summed E-state index contributed by atoms with van der Waals surface area (Å²) in [4.78, 5) is 31.4. The van der Waals surface area contributed by atoms with Gasteiger partial charge in [-0.05, 0) is 54.8 Å². The van der Waals surface area contributed by atoms with Crippen LogP contribution >= 0.6 is 11.3 Å². The number of aromatic nitrogens is 2. The summed E-state index contributed by atoms with van der Waals surface area (Å²) in [6, 6.07) is 18.7. The Balaban J connectivity index is 1.61. The molecule has 0 bridgehead atoms. The van der Waals surface area contributed by atoms with E-state index in [0.29, 0.717) is 17.0 Å². The number of benzene rings is 2. The van der Waals surface area contributed by atoms with Crippen molar-refractivity contribution in [1.29, 1.82) is 0 Å². The maximum atomic E-state index is 13.3. The Morgan fingerprint density at radius 3 is 2.61 bits per heavy atom. The molecule has 0 radical (unpaired) electrons. The van der Waals surface area contributed by atoms with Gasteiger partial charge in [-0.3, -0.25) is 14.2 Å². The zero-order valence-electron chi connectivity index (χ0n) is 17.4. The van der Waals surface area contributed by atoms with E-state index < -0.39 is 0 Å². The van der Waals surface area contributed by atoms with Gasteiger partial charge in [0, 0.05) is 23.4 Å². The van der Waals surface area contributed by atoms with Crippen LogP contribution in [0.15, 0.2) is 70.8 Å². The number of methoxy groups -OCH3 is 1. The zero-order valence-corrected chi connectivity index (χ0v) is 18.2. The highest BCUT2D eigenvalue weighted by atomic mass is 32.1. The van der Waals surface area contributed by atoms with Gasteiger partial charge < -0.3 is 10.1 Å². The van der Waals surface area contributed by atoms with E-state index in [1.54, 1.807) is 23.0 Å². The molecule has 0 spiro atoms. The molecule has 1 N–H and O–H groups in total. The van der Waals surface area contributed by atoms with Crippen molar-refractivity contribution < 1.29 is 9.53 Å². The fourth-order valence-corrected chi connectivity index (χ4v) is 4.22. The highest BCUT2D eigenvalue weighted by Crippen LogP contribution is 2.20. The van der Waals surface area contributed by atoms with E-state index in [2.05, 4.69) is 10.3 Å². The monoisotopic (exact) mass is 433 g/mol. The van der Waals surface area contributed by atoms with Gasteiger partial charge in [-0.1, -0.05) is 18.2 Å². The Morgan fingerprint density at radius 2 is 1.90 bits per heavy atom. The molecule has 6 nitrogen and oxygen atoms in total. The van der Waals surface area contributed by atoms with Gasteiger partial charge in [-0.15, -0.1) is 11.3 Å². The van der Waals surface area contributed by atoms with Crippen LogP contribution < -0.4 is 15.6 Å². The van der Waals surface area contributed by atoms with Gasteiger partial charge in [0.15, 0.2) is 0 Å². The number of carbonyl (C=O) groups excluding carboxylic acids is 1. The SMILES string of the molecule is COc1ccc(-n2c(=O)c(CCC(=O)NC(C)c3cccs3)nc3ccccc32)cc1. The van der Waals surface area contributed by atoms with Crippen LogP contribution in [0.5, 0.6) is 5.75 Å². The standard InChI is InChI=1S/C24H23N3O3S/c1-16(22-8-5-15-31-22)25-23(28)14-13-20-24(29)27(17-9-11-18(30-2)12-10-17)21-7-4-3-6-19(21)26-20/h3-12,15-16H,13-14H2,1-2H3,(H,25,28). The summed E-state index contributed by atoms with van der Waals surface area (Å²) in [7, 11) is 1.60. The molecule has 4 rings (SSSR count). The predicted molar refractivity (Wildman–Crippen MR) is 123 cm³/mol. The van der Waals surface area contributed by atoms with Crippen LogP contribution in [-0.2, 0) is 11.2 Å². The van der Waals surface area contributed by atoms with Crippen molar-refractivity contribution in [2.75, 3.05) is 7.11 Å². The molecule has 0 aliphatic carbocycles. The number of thiophene rings is 1. The van der Waals surface area contributed by atoms with Gasteiger partial charge >= 0.3 is 0 Å². The average molecular weight is 434 g/mol. The quantitative estimate of drug-likeness (QED) is 0.473. The zero-order chi connectivity index (χ0) is 21.8. The third kappa shape index (κ3) is 4.51. The van der Waals surface area contributed by atoms with Crippen molar-refractivity contribution in [3.05, 3.63) is 87.0 Å². The second kappa shape index (κ2) is 9.14. The first-order valence-electron chi connectivity index (χ1n) is 10.0. The normalized spacial score (nSPS) is 11.9. The number of hydrogen-bond acceptors (Lipinski definition) is 5. The number of amides is 1. The van der Waals surface area contributed by atoms with Crippen LogP contribution in [0.1, 0.15) is 30.0 Å². The van der Waals surface area contributed by atoms with Gasteiger partial charge in [0.1, 0.15) is 11.4 Å². The molecule has 158 valence electrons. The fraction of sp³-hybridized carbons (Fsp3) is 0.208. The molecule has 4 aromatic rings. The third-order valence-electron chi connectivity index (χ3n) is 5.09. The molecule has 0 fully saturated rings. The number of nitrogens with one attached hydrogen (secondary N) is 1. The summed E-state index contributed by atoms with van der Waals surface area (Å²) >= 11 is 1.60. The molecule has 1 unspecified atom stereocenters. The number of rotatable bonds is 7. The third-order valence-corrected chi connectivity index (χ3v) is 6.15. The molecule has 0 saturated carbocycles. The molecule has 2 aromatic carbocycles. The van der Waals surface area contributed by atoms with Gasteiger partial charge in [0.25, 0.3) is 5.56 Å². The Kier molecular flexibility index (Phi) is 6.13. The van der Waals surface area contributed by atoms with Gasteiger partial charge in [-0.2, -0.15) is 0 Å². The number of ether oxygens (including phenoxy) is 1. The molecule has 1 amide bonds. The molecular formula is C24H23N3O3S. The van der Waals surface area contributed by atoms with Crippen molar-refractivity contribution >= 4 is 28.3 Å². The van der Waals surface area contributed by atoms with Gasteiger partial charge in [-0.25, -0.2) is 4.98 Å². The molecule has 0 aliphatic heterocycles. The van der Waals surface area contributed by atoms with Crippen molar-refractivity contribution in [3.63, 3.8) is 0 Å². The van der Waals surface area contributed by atoms with Crippen molar-refractivity contribution in [3.8, 4) is 11.4 Å². The lowest BCUT2D eigenvalue weighted by Crippen LogP contribution is -2.29. The van der Waals surface area contributed by atoms with Crippen molar-refractivity contribution in [1.82, 2.24) is 14.9 Å². The first kappa shape index (κ1) is 20.8. The minimum atomic E-state index is -0.219. The Morgan fingerprint density at radius 1 is 1.13 bits per heavy atom. The number of carbonyl (C=O) groups is 1. The molecule has 1 atom stereocenters. The summed E-state index contributed by atoms with van der Waals surface area (Å²) in [5, 5.41) is 4.97. The van der Waals surface area contributed by atoms with E-state index in [4.69, 9.17) is 4.74 Å². The topological polar surface area (TPSA) is 73.2 Å². The number of fused-ring (bicyclic) bond motifs is 1. The van der Waals surface area contributed by atoms with Crippen molar-refractivity contribution in [2.24, 2.45) is 0 Å². The maximum Gasteiger partial charge on any atom is 0.277 e. The van der Waals surface area contributed by atoms with Crippen LogP contribution in [-0.4, -0.2) is 22.6 Å². The molecule has 0 aliphatic rings. The van der Waals surface area contributed by atoms with Gasteiger partial charge in [0.05, 0.1) is 24.2 Å². The van der Waals surface area contributed by atoms with Crippen LogP contribution in [0, 0.1) is 0 Å². The second-order valence-corrected chi connectivity index (χ2v) is 8.17. The van der Waals surface area contributed by atoms with E-state index in [1.165, 1.54) is 0 Å². The van der Waals surface area contributed by atoms with Gasteiger partial charge in [0.2, 0.25) is 5.91 Å². The highest BCUT2D eigenvalue weighted by Gasteiger charge is 2.15. The first-order valence-corrected chi connectivity index (χ1v) is 10.9. The minimum Gasteiger partial charge on any atom is -0.497 e. The first-order chi connectivity index (χ1) is 15.1. The smallest absolute Gasteiger partial charge is 0.277 e. The molecule has 2 aromatic heterocycles. The van der Waals surface area contributed by atoms with Crippen LogP contribution in [0.25, 0.3) is 16.7 Å². The average Bonchev–Trinajstić information content (AvgIpc) is 3.33. The summed E-state index contributed by atoms with van der Waals surface area (Å²) in [6.07, 6.45) is 0.460. The Hall–Kier alpha value is -3.45. The number of aryl methyl sites for hydroxylation is 1. The number of hydrogen-bond donors (Lipinski definition) is 1. The minimum absolute atomic E-state index is 0.0620. The molecular weight excluding hydrogens is 410 g/mol. The lowest BCUT2D eigenvalue weighted by atomic mass is 10.2. The maximum absolute atomic E-state index is 13.3. The molecule has 0 saturated heterocycles. The van der Waals surface area contributed by atoms with Crippen LogP contribution in [0.4, 0.5) is 0 Å². The lowest BCUT2D eigenvalue weighted by molar-refractivity contribution is -0.121. The van der Waals surface area contributed by atoms with Crippen LogP contribution in [0.3, 0.4) is 0 Å². The predicted octanol–water partition coefficient (Wildman–Crippen LogP) is 4.27. The fourth-order valence-electron chi connectivity index (χ4n) is 3.48. The van der Waals surface area contributed by atoms with E-state index >= 15 is 0 Å². The summed E-state index contributed by atoms with van der Waals surface area (Å²) < 4.78 is 6.87.